The Morgan fingerprint density at radius 3 is 2.45 bits per heavy atom. The van der Waals surface area contributed by atoms with Crippen LogP contribution in [0.4, 0.5) is 16.2 Å². The number of carbonyl (C=O) groups is 2. The summed E-state index contributed by atoms with van der Waals surface area (Å²) in [6.45, 7) is 13.3. The Morgan fingerprint density at radius 2 is 1.88 bits per heavy atom. The maximum atomic E-state index is 13.4. The molecule has 1 unspecified atom stereocenters. The Labute approximate surface area is 198 Å². The fourth-order valence-corrected chi connectivity index (χ4v) is 3.53. The molecular weight excluding hydrogens is 416 g/mol. The third-order valence-electron chi connectivity index (χ3n) is 5.60. The summed E-state index contributed by atoms with van der Waals surface area (Å²) < 4.78 is 5.50. The van der Waals surface area contributed by atoms with Crippen molar-refractivity contribution in [2.75, 3.05) is 16.8 Å². The number of allylic oxidation sites excluding steroid dienone is 1. The normalized spacial score (nSPS) is 16.5. The molecule has 1 aliphatic heterocycles. The molecule has 33 heavy (non-hydrogen) atoms. The molecule has 2 rings (SSSR count). The summed E-state index contributed by atoms with van der Waals surface area (Å²) in [5.74, 6) is 0.556. The number of hydrogen-bond donors (Lipinski definition) is 1. The van der Waals surface area contributed by atoms with Gasteiger partial charge in [-0.25, -0.2) is 9.79 Å². The number of nitrogens with zero attached hydrogens (tertiary/aromatic N) is 3. The molecule has 0 saturated carbocycles. The van der Waals surface area contributed by atoms with E-state index in [1.165, 1.54) is 4.90 Å². The van der Waals surface area contributed by atoms with E-state index in [0.29, 0.717) is 47.7 Å². The van der Waals surface area contributed by atoms with E-state index in [-0.39, 0.29) is 11.8 Å². The number of aryl methyl sites for hydroxylation is 1. The highest BCUT2D eigenvalue weighted by atomic mass is 16.6. The summed E-state index contributed by atoms with van der Waals surface area (Å²) in [6, 6.07) is 5.53. The number of aliphatic imine (C=N–C) groups is 1. The molecule has 0 spiro atoms. The second-order valence-electron chi connectivity index (χ2n) is 9.57. The van der Waals surface area contributed by atoms with Crippen LogP contribution in [0.3, 0.4) is 0 Å². The largest absolute Gasteiger partial charge is 0.443 e. The highest BCUT2D eigenvalue weighted by molar-refractivity contribution is 6.05. The molecule has 0 aromatic heterocycles. The molecule has 0 aliphatic carbocycles. The van der Waals surface area contributed by atoms with Gasteiger partial charge in [0.25, 0.3) is 0 Å². The van der Waals surface area contributed by atoms with Crippen LogP contribution < -0.4 is 9.80 Å². The van der Waals surface area contributed by atoms with Gasteiger partial charge >= 0.3 is 6.09 Å². The van der Waals surface area contributed by atoms with Crippen molar-refractivity contribution in [2.45, 2.75) is 79.8 Å². The maximum Gasteiger partial charge on any atom is 0.414 e. The van der Waals surface area contributed by atoms with E-state index < -0.39 is 11.7 Å². The zero-order valence-electron chi connectivity index (χ0n) is 21.3. The van der Waals surface area contributed by atoms with Crippen molar-refractivity contribution in [3.63, 3.8) is 0 Å². The standard InChI is InChI=1S/C26H38N4O3/c1-9-11-23(31)30(24-18(4)21(27)14-19(10-2)16-28-24)22-15-20(13-12-17(22)3)29(8)25(32)33-26(5,6)7/h12-13,15-16,19,27H,9-11,14H2,1-8H3. The highest BCUT2D eigenvalue weighted by Crippen LogP contribution is 2.33. The number of carbonyl (C=O) groups excluding carboxylic acids is 2. The van der Waals surface area contributed by atoms with Crippen LogP contribution >= 0.6 is 0 Å². The number of rotatable bonds is 6. The molecule has 0 fully saturated rings. The molecule has 1 atom stereocenters. The second-order valence-corrected chi connectivity index (χ2v) is 9.57. The van der Waals surface area contributed by atoms with Crippen molar-refractivity contribution < 1.29 is 14.3 Å². The zero-order valence-corrected chi connectivity index (χ0v) is 21.3. The minimum absolute atomic E-state index is 0.0908. The minimum atomic E-state index is -0.616. The quantitative estimate of drug-likeness (QED) is 0.551. The second kappa shape index (κ2) is 10.8. The predicted octanol–water partition coefficient (Wildman–Crippen LogP) is 6.25. The van der Waals surface area contributed by atoms with E-state index in [4.69, 9.17) is 15.1 Å². The molecule has 1 aromatic carbocycles. The van der Waals surface area contributed by atoms with Crippen molar-refractivity contribution in [1.82, 2.24) is 0 Å². The average Bonchev–Trinajstić information content (AvgIpc) is 2.87. The molecule has 2 amide bonds. The molecule has 1 aliphatic rings. The molecule has 1 aromatic rings. The molecule has 1 N–H and O–H groups in total. The van der Waals surface area contributed by atoms with Gasteiger partial charge in [-0.05, 0) is 77.5 Å². The molecule has 7 nitrogen and oxygen atoms in total. The molecule has 1 heterocycles. The molecular formula is C26H38N4O3. The van der Waals surface area contributed by atoms with Crippen molar-refractivity contribution in [3.05, 3.63) is 35.2 Å². The first-order valence-corrected chi connectivity index (χ1v) is 11.6. The SMILES string of the molecule is CCCC(=O)N(C1=C(C)C(=N)CC(CC)C=N1)c1cc(N(C)C(=O)OC(C)(C)C)ccc1C. The van der Waals surface area contributed by atoms with E-state index in [9.17, 15) is 9.59 Å². The van der Waals surface area contributed by atoms with Crippen LogP contribution in [0.2, 0.25) is 0 Å². The molecule has 180 valence electrons. The van der Waals surface area contributed by atoms with Crippen LogP contribution in [0.25, 0.3) is 0 Å². The van der Waals surface area contributed by atoms with Gasteiger partial charge in [-0.3, -0.25) is 14.6 Å². The molecule has 0 saturated heterocycles. The first-order chi connectivity index (χ1) is 15.4. The molecule has 0 bridgehead atoms. The van der Waals surface area contributed by atoms with Gasteiger partial charge in [0, 0.05) is 36.7 Å². The summed E-state index contributed by atoms with van der Waals surface area (Å²) in [5.41, 5.74) is 2.70. The summed E-state index contributed by atoms with van der Waals surface area (Å²) in [6.07, 6.45) is 3.91. The van der Waals surface area contributed by atoms with E-state index >= 15 is 0 Å². The number of ether oxygens (including phenoxy) is 1. The van der Waals surface area contributed by atoms with Gasteiger partial charge in [0.2, 0.25) is 5.91 Å². The Hall–Kier alpha value is -2.96. The van der Waals surface area contributed by atoms with Crippen LogP contribution in [0.1, 0.15) is 72.8 Å². The maximum absolute atomic E-state index is 13.4. The van der Waals surface area contributed by atoms with Crippen LogP contribution in [-0.4, -0.2) is 36.6 Å². The van der Waals surface area contributed by atoms with Crippen molar-refractivity contribution in [2.24, 2.45) is 10.9 Å². The van der Waals surface area contributed by atoms with Gasteiger partial charge in [0.05, 0.1) is 5.69 Å². The Morgan fingerprint density at radius 1 is 1.21 bits per heavy atom. The fraction of sp³-hybridized carbons (Fsp3) is 0.538. The summed E-state index contributed by atoms with van der Waals surface area (Å²) in [7, 11) is 1.65. The predicted molar refractivity (Wildman–Crippen MR) is 136 cm³/mol. The number of anilines is 2. The van der Waals surface area contributed by atoms with Gasteiger partial charge in [0.15, 0.2) is 0 Å². The Balaban J connectivity index is 2.60. The van der Waals surface area contributed by atoms with Gasteiger partial charge in [-0.15, -0.1) is 0 Å². The van der Waals surface area contributed by atoms with Gasteiger partial charge in [-0.2, -0.15) is 0 Å². The van der Waals surface area contributed by atoms with E-state index in [1.54, 1.807) is 11.9 Å². The third kappa shape index (κ3) is 6.53. The van der Waals surface area contributed by atoms with E-state index in [1.807, 2.05) is 66.0 Å². The summed E-state index contributed by atoms with van der Waals surface area (Å²) in [5, 5.41) is 8.56. The topological polar surface area (TPSA) is 86.1 Å². The molecule has 0 radical (unpaired) electrons. The first kappa shape index (κ1) is 26.3. The number of amides is 2. The number of hydrogen-bond acceptors (Lipinski definition) is 5. The fourth-order valence-electron chi connectivity index (χ4n) is 3.53. The van der Waals surface area contributed by atoms with E-state index in [2.05, 4.69) is 6.92 Å². The number of nitrogens with one attached hydrogen (secondary N) is 1. The lowest BCUT2D eigenvalue weighted by molar-refractivity contribution is -0.118. The smallest absolute Gasteiger partial charge is 0.414 e. The minimum Gasteiger partial charge on any atom is -0.443 e. The van der Waals surface area contributed by atoms with Crippen molar-refractivity contribution >= 4 is 35.3 Å². The third-order valence-corrected chi connectivity index (χ3v) is 5.60. The summed E-state index contributed by atoms with van der Waals surface area (Å²) in [4.78, 5) is 33.7. The van der Waals surface area contributed by atoms with Crippen LogP contribution in [0.5, 0.6) is 0 Å². The average molecular weight is 455 g/mol. The number of benzene rings is 1. The van der Waals surface area contributed by atoms with Crippen LogP contribution in [0.15, 0.2) is 34.6 Å². The Kier molecular flexibility index (Phi) is 8.58. The molecule has 7 heteroatoms. The van der Waals surface area contributed by atoms with E-state index in [0.717, 1.165) is 12.0 Å². The highest BCUT2D eigenvalue weighted by Gasteiger charge is 2.28. The lowest BCUT2D eigenvalue weighted by atomic mass is 9.98. The zero-order chi connectivity index (χ0) is 24.9. The van der Waals surface area contributed by atoms with Gasteiger partial charge < -0.3 is 10.1 Å². The van der Waals surface area contributed by atoms with Crippen molar-refractivity contribution in [1.29, 1.82) is 5.41 Å². The monoisotopic (exact) mass is 454 g/mol. The lowest BCUT2D eigenvalue weighted by Crippen LogP contribution is -2.35. The van der Waals surface area contributed by atoms with Crippen LogP contribution in [-0.2, 0) is 9.53 Å². The van der Waals surface area contributed by atoms with Crippen LogP contribution in [0, 0.1) is 18.3 Å². The van der Waals surface area contributed by atoms with Crippen molar-refractivity contribution in [3.8, 4) is 0 Å². The first-order valence-electron chi connectivity index (χ1n) is 11.6. The van der Waals surface area contributed by atoms with Gasteiger partial charge in [-0.1, -0.05) is 19.9 Å². The van der Waals surface area contributed by atoms with Gasteiger partial charge in [0.1, 0.15) is 11.4 Å². The Bertz CT molecular complexity index is 972. The summed E-state index contributed by atoms with van der Waals surface area (Å²) >= 11 is 0. The lowest BCUT2D eigenvalue weighted by Gasteiger charge is -2.28.